The van der Waals surface area contributed by atoms with E-state index in [2.05, 4.69) is 12.2 Å². The van der Waals surface area contributed by atoms with Crippen LogP contribution in [0.4, 0.5) is 0 Å². The molecule has 2 nitrogen and oxygen atoms in total. The SMILES string of the molecule is O=C(Oc1ccccc1)C1CC=CCC1. The zero-order valence-corrected chi connectivity index (χ0v) is 8.56. The van der Waals surface area contributed by atoms with Crippen LogP contribution < -0.4 is 4.74 Å². The summed E-state index contributed by atoms with van der Waals surface area (Å²) in [7, 11) is 0. The lowest BCUT2D eigenvalue weighted by Crippen LogP contribution is -2.21. The van der Waals surface area contributed by atoms with Crippen LogP contribution in [0.5, 0.6) is 5.75 Å². The van der Waals surface area contributed by atoms with Crippen LogP contribution in [0.2, 0.25) is 0 Å². The molecule has 1 aromatic carbocycles. The van der Waals surface area contributed by atoms with Crippen molar-refractivity contribution in [3.63, 3.8) is 0 Å². The summed E-state index contributed by atoms with van der Waals surface area (Å²) in [5.74, 6) is 0.567. The third-order valence-electron chi connectivity index (χ3n) is 2.56. The number of ether oxygens (including phenoxy) is 1. The molecule has 15 heavy (non-hydrogen) atoms. The lowest BCUT2D eigenvalue weighted by atomic mass is 9.95. The van der Waals surface area contributed by atoms with Crippen LogP contribution in [-0.4, -0.2) is 5.97 Å². The van der Waals surface area contributed by atoms with E-state index in [9.17, 15) is 4.79 Å². The first-order valence-corrected chi connectivity index (χ1v) is 5.28. The van der Waals surface area contributed by atoms with Crippen molar-refractivity contribution in [1.82, 2.24) is 0 Å². The second-order valence-electron chi connectivity index (χ2n) is 3.72. The van der Waals surface area contributed by atoms with Crippen molar-refractivity contribution in [2.24, 2.45) is 5.92 Å². The molecule has 0 amide bonds. The lowest BCUT2D eigenvalue weighted by molar-refractivity contribution is -0.139. The molecule has 1 unspecified atom stereocenters. The highest BCUT2D eigenvalue weighted by atomic mass is 16.5. The van der Waals surface area contributed by atoms with E-state index in [1.165, 1.54) is 0 Å². The molecule has 0 saturated carbocycles. The third kappa shape index (κ3) is 2.69. The van der Waals surface area contributed by atoms with Gasteiger partial charge in [0.05, 0.1) is 5.92 Å². The molecule has 0 N–H and O–H groups in total. The van der Waals surface area contributed by atoms with Crippen molar-refractivity contribution in [2.45, 2.75) is 19.3 Å². The first-order valence-electron chi connectivity index (χ1n) is 5.28. The van der Waals surface area contributed by atoms with Crippen molar-refractivity contribution >= 4 is 5.97 Å². The molecule has 0 saturated heterocycles. The molecule has 2 rings (SSSR count). The predicted molar refractivity (Wildman–Crippen MR) is 58.6 cm³/mol. The molecule has 0 radical (unpaired) electrons. The number of allylic oxidation sites excluding steroid dienone is 2. The van der Waals surface area contributed by atoms with Crippen LogP contribution in [-0.2, 0) is 4.79 Å². The van der Waals surface area contributed by atoms with Gasteiger partial charge in [-0.25, -0.2) is 0 Å². The van der Waals surface area contributed by atoms with Gasteiger partial charge in [0, 0.05) is 0 Å². The van der Waals surface area contributed by atoms with Gasteiger partial charge in [-0.2, -0.15) is 0 Å². The highest BCUT2D eigenvalue weighted by molar-refractivity contribution is 5.75. The van der Waals surface area contributed by atoms with Crippen molar-refractivity contribution in [1.29, 1.82) is 0 Å². The maximum absolute atomic E-state index is 11.7. The fraction of sp³-hybridized carbons (Fsp3) is 0.308. The zero-order chi connectivity index (χ0) is 10.5. The number of esters is 1. The molecule has 1 aromatic rings. The molecule has 0 bridgehead atoms. The van der Waals surface area contributed by atoms with Crippen LogP contribution >= 0.6 is 0 Å². The highest BCUT2D eigenvalue weighted by Gasteiger charge is 2.20. The summed E-state index contributed by atoms with van der Waals surface area (Å²) in [6.07, 6.45) is 6.87. The number of para-hydroxylation sites is 1. The largest absolute Gasteiger partial charge is 0.426 e. The van der Waals surface area contributed by atoms with Gasteiger partial charge in [-0.1, -0.05) is 30.4 Å². The molecular weight excluding hydrogens is 188 g/mol. The Morgan fingerprint density at radius 2 is 2.00 bits per heavy atom. The molecule has 0 heterocycles. The number of carbonyl (C=O) groups excluding carboxylic acids is 1. The molecule has 0 fully saturated rings. The summed E-state index contributed by atoms with van der Waals surface area (Å²) in [5, 5.41) is 0. The fourth-order valence-corrected chi connectivity index (χ4v) is 1.70. The topological polar surface area (TPSA) is 26.3 Å². The van der Waals surface area contributed by atoms with Crippen LogP contribution in [0.1, 0.15) is 19.3 Å². The molecule has 1 aliphatic rings. The van der Waals surface area contributed by atoms with E-state index in [0.717, 1.165) is 19.3 Å². The fourth-order valence-electron chi connectivity index (χ4n) is 1.70. The van der Waals surface area contributed by atoms with Crippen LogP contribution in [0, 0.1) is 5.92 Å². The lowest BCUT2D eigenvalue weighted by Gasteiger charge is -2.15. The van der Waals surface area contributed by atoms with Gasteiger partial charge in [0.25, 0.3) is 0 Å². The summed E-state index contributed by atoms with van der Waals surface area (Å²) < 4.78 is 5.28. The minimum absolute atomic E-state index is 0.0372. The van der Waals surface area contributed by atoms with E-state index >= 15 is 0 Å². The van der Waals surface area contributed by atoms with E-state index in [0.29, 0.717) is 5.75 Å². The smallest absolute Gasteiger partial charge is 0.314 e. The Hall–Kier alpha value is -1.57. The Kier molecular flexibility index (Phi) is 3.18. The quantitative estimate of drug-likeness (QED) is 0.418. The molecule has 0 spiro atoms. The minimum atomic E-state index is -0.106. The van der Waals surface area contributed by atoms with Gasteiger partial charge in [-0.05, 0) is 31.4 Å². The van der Waals surface area contributed by atoms with E-state index in [1.54, 1.807) is 12.1 Å². The van der Waals surface area contributed by atoms with Gasteiger partial charge in [0.15, 0.2) is 0 Å². The second-order valence-corrected chi connectivity index (χ2v) is 3.72. The summed E-state index contributed by atoms with van der Waals surface area (Å²) >= 11 is 0. The number of hydrogen-bond donors (Lipinski definition) is 0. The molecule has 1 aliphatic carbocycles. The van der Waals surface area contributed by atoms with E-state index in [4.69, 9.17) is 4.74 Å². The average Bonchev–Trinajstić information content (AvgIpc) is 2.31. The summed E-state index contributed by atoms with van der Waals surface area (Å²) in [6, 6.07) is 9.24. The van der Waals surface area contributed by atoms with Gasteiger partial charge in [-0.15, -0.1) is 0 Å². The average molecular weight is 202 g/mol. The van der Waals surface area contributed by atoms with Gasteiger partial charge < -0.3 is 4.74 Å². The summed E-state index contributed by atoms with van der Waals surface area (Å²) in [4.78, 5) is 11.7. The van der Waals surface area contributed by atoms with Crippen molar-refractivity contribution < 1.29 is 9.53 Å². The van der Waals surface area contributed by atoms with Crippen molar-refractivity contribution in [3.8, 4) is 5.75 Å². The second kappa shape index (κ2) is 4.78. The molecule has 0 aromatic heterocycles. The van der Waals surface area contributed by atoms with Gasteiger partial charge in [0.1, 0.15) is 5.75 Å². The van der Waals surface area contributed by atoms with Crippen molar-refractivity contribution in [2.75, 3.05) is 0 Å². The Morgan fingerprint density at radius 1 is 1.20 bits per heavy atom. The predicted octanol–water partition coefficient (Wildman–Crippen LogP) is 2.95. The molecule has 0 aliphatic heterocycles. The summed E-state index contributed by atoms with van der Waals surface area (Å²) in [5.41, 5.74) is 0. The zero-order valence-electron chi connectivity index (χ0n) is 8.56. The summed E-state index contributed by atoms with van der Waals surface area (Å²) in [6.45, 7) is 0. The number of carbonyl (C=O) groups is 1. The Morgan fingerprint density at radius 3 is 2.67 bits per heavy atom. The first-order chi connectivity index (χ1) is 7.36. The minimum Gasteiger partial charge on any atom is -0.426 e. The van der Waals surface area contributed by atoms with Crippen molar-refractivity contribution in [3.05, 3.63) is 42.5 Å². The Balaban J connectivity index is 1.95. The molecule has 2 heteroatoms. The number of rotatable bonds is 2. The number of hydrogen-bond acceptors (Lipinski definition) is 2. The van der Waals surface area contributed by atoms with E-state index in [1.807, 2.05) is 18.2 Å². The van der Waals surface area contributed by atoms with Gasteiger partial charge in [0.2, 0.25) is 0 Å². The molecular formula is C13H14O2. The Bertz CT molecular complexity index is 354. The maximum Gasteiger partial charge on any atom is 0.314 e. The van der Waals surface area contributed by atoms with Crippen LogP contribution in [0.15, 0.2) is 42.5 Å². The first kappa shape index (κ1) is 9.97. The van der Waals surface area contributed by atoms with E-state index < -0.39 is 0 Å². The van der Waals surface area contributed by atoms with Crippen LogP contribution in [0.25, 0.3) is 0 Å². The maximum atomic E-state index is 11.7. The normalized spacial score (nSPS) is 19.9. The molecule has 1 atom stereocenters. The van der Waals surface area contributed by atoms with Gasteiger partial charge in [-0.3, -0.25) is 4.79 Å². The third-order valence-corrected chi connectivity index (χ3v) is 2.56. The highest BCUT2D eigenvalue weighted by Crippen LogP contribution is 2.21. The molecule has 78 valence electrons. The van der Waals surface area contributed by atoms with Crippen LogP contribution in [0.3, 0.4) is 0 Å². The van der Waals surface area contributed by atoms with E-state index in [-0.39, 0.29) is 11.9 Å². The van der Waals surface area contributed by atoms with Gasteiger partial charge >= 0.3 is 5.97 Å². The monoisotopic (exact) mass is 202 g/mol. The Labute approximate surface area is 89.6 Å². The standard InChI is InChI=1S/C13H14O2/c14-13(11-7-3-1-4-8-11)15-12-9-5-2-6-10-12/h1-3,5-6,9-11H,4,7-8H2. The number of benzene rings is 1.